The number of benzene rings is 1. The first-order valence-corrected chi connectivity index (χ1v) is 6.62. The number of halogens is 1. The summed E-state index contributed by atoms with van der Waals surface area (Å²) in [5.74, 6) is -0.633. The fourth-order valence-electron chi connectivity index (χ4n) is 1.13. The van der Waals surface area contributed by atoms with E-state index in [0.717, 1.165) is 25.3 Å². The number of thiocarbonyl (C=S) groups is 1. The van der Waals surface area contributed by atoms with E-state index in [2.05, 4.69) is 17.0 Å². The van der Waals surface area contributed by atoms with Gasteiger partial charge in [-0.05, 0) is 18.2 Å². The first-order chi connectivity index (χ1) is 8.75. The van der Waals surface area contributed by atoms with Gasteiger partial charge in [0.05, 0.1) is 12.8 Å². The van der Waals surface area contributed by atoms with Crippen molar-refractivity contribution < 1.29 is 22.3 Å². The second-order valence-electron chi connectivity index (χ2n) is 3.25. The minimum absolute atomic E-state index is 0.00904. The molecule has 0 aromatic heterocycles. The third-order valence-electron chi connectivity index (χ3n) is 1.89. The van der Waals surface area contributed by atoms with Gasteiger partial charge in [0.25, 0.3) is 0 Å². The Morgan fingerprint density at radius 3 is 2.63 bits per heavy atom. The molecule has 1 aromatic rings. The molecule has 4 N–H and O–H groups in total. The number of anilines is 1. The molecule has 0 aliphatic rings. The van der Waals surface area contributed by atoms with Crippen molar-refractivity contribution in [2.75, 3.05) is 11.8 Å². The third kappa shape index (κ3) is 4.34. The third-order valence-corrected chi connectivity index (χ3v) is 3.04. The molecule has 1 rings (SSSR count). The summed E-state index contributed by atoms with van der Waals surface area (Å²) in [5, 5.41) is 0. The van der Waals surface area contributed by atoms with E-state index in [1.54, 1.807) is 4.72 Å². The van der Waals surface area contributed by atoms with Crippen LogP contribution < -0.4 is 15.2 Å². The second kappa shape index (κ2) is 5.80. The predicted molar refractivity (Wildman–Crippen MR) is 70.4 cm³/mol. The quantitative estimate of drug-likeness (QED) is 0.698. The highest BCUT2D eigenvalue weighted by Gasteiger charge is 2.17. The van der Waals surface area contributed by atoms with Gasteiger partial charge in [0, 0.05) is 5.56 Å². The minimum Gasteiger partial charge on any atom is -0.452 e. The van der Waals surface area contributed by atoms with E-state index >= 15 is 0 Å². The van der Waals surface area contributed by atoms with E-state index in [9.17, 15) is 17.6 Å². The van der Waals surface area contributed by atoms with Crippen LogP contribution in [0.2, 0.25) is 0 Å². The Hall–Kier alpha value is -1.94. The lowest BCUT2D eigenvalue weighted by molar-refractivity contribution is 0.177. The van der Waals surface area contributed by atoms with Crippen molar-refractivity contribution in [3.05, 3.63) is 29.6 Å². The van der Waals surface area contributed by atoms with Crippen LogP contribution in [0.1, 0.15) is 5.56 Å². The Kier molecular flexibility index (Phi) is 4.62. The molecule has 1 aromatic carbocycles. The fourth-order valence-corrected chi connectivity index (χ4v) is 2.12. The Morgan fingerprint density at radius 2 is 2.11 bits per heavy atom. The molecule has 19 heavy (non-hydrogen) atoms. The van der Waals surface area contributed by atoms with Gasteiger partial charge in [0.2, 0.25) is 0 Å². The standard InChI is InChI=1S/C9H10FN3O4S2/c1-17-9(14)13-19(15,16)12-7-3-2-5(10)4-6(7)8(11)18/h2-4,12H,1H3,(H2,11,18)(H,13,14). The van der Waals surface area contributed by atoms with Crippen LogP contribution in [0.4, 0.5) is 14.9 Å². The summed E-state index contributed by atoms with van der Waals surface area (Å²) < 4.78 is 43.8. The molecule has 0 saturated carbocycles. The zero-order valence-electron chi connectivity index (χ0n) is 9.64. The molecule has 0 unspecified atom stereocenters. The molecule has 0 fully saturated rings. The summed E-state index contributed by atoms with van der Waals surface area (Å²) in [5.41, 5.74) is 5.27. The smallest absolute Gasteiger partial charge is 0.422 e. The molecule has 0 spiro atoms. The lowest BCUT2D eigenvalue weighted by atomic mass is 10.2. The molecular formula is C9H10FN3O4S2. The van der Waals surface area contributed by atoms with Crippen molar-refractivity contribution >= 4 is 39.2 Å². The maximum Gasteiger partial charge on any atom is 0.422 e. The lowest BCUT2D eigenvalue weighted by Gasteiger charge is -2.12. The number of amides is 1. The summed E-state index contributed by atoms with van der Waals surface area (Å²) in [7, 11) is -3.22. The highest BCUT2D eigenvalue weighted by Crippen LogP contribution is 2.18. The summed E-state index contributed by atoms with van der Waals surface area (Å²) in [6.45, 7) is 0. The summed E-state index contributed by atoms with van der Waals surface area (Å²) in [6.07, 6.45) is -1.17. The first kappa shape index (κ1) is 15.1. The van der Waals surface area contributed by atoms with Gasteiger partial charge in [-0.15, -0.1) is 0 Å². The number of hydrogen-bond donors (Lipinski definition) is 3. The number of carbonyl (C=O) groups is 1. The van der Waals surface area contributed by atoms with Crippen LogP contribution >= 0.6 is 12.2 Å². The highest BCUT2D eigenvalue weighted by molar-refractivity contribution is 7.91. The van der Waals surface area contributed by atoms with Crippen LogP contribution in [-0.2, 0) is 14.9 Å². The topological polar surface area (TPSA) is 111 Å². The molecular weight excluding hydrogens is 297 g/mol. The molecule has 0 radical (unpaired) electrons. The molecule has 10 heteroatoms. The fraction of sp³-hybridized carbons (Fsp3) is 0.111. The van der Waals surface area contributed by atoms with Gasteiger partial charge in [0.15, 0.2) is 0 Å². The van der Waals surface area contributed by atoms with Crippen LogP contribution in [0, 0.1) is 5.82 Å². The maximum atomic E-state index is 13.0. The van der Waals surface area contributed by atoms with Crippen LogP contribution in [0.15, 0.2) is 18.2 Å². The number of nitrogens with one attached hydrogen (secondary N) is 2. The van der Waals surface area contributed by atoms with Gasteiger partial charge < -0.3 is 10.5 Å². The Balaban J connectivity index is 3.06. The molecule has 0 aliphatic heterocycles. The average Bonchev–Trinajstić information content (AvgIpc) is 2.30. The van der Waals surface area contributed by atoms with Crippen molar-refractivity contribution in [1.29, 1.82) is 0 Å². The van der Waals surface area contributed by atoms with Crippen molar-refractivity contribution in [2.45, 2.75) is 0 Å². The van der Waals surface area contributed by atoms with Crippen molar-refractivity contribution in [3.63, 3.8) is 0 Å². The highest BCUT2D eigenvalue weighted by atomic mass is 32.2. The van der Waals surface area contributed by atoms with Gasteiger partial charge in [0.1, 0.15) is 10.8 Å². The second-order valence-corrected chi connectivity index (χ2v) is 5.11. The molecule has 0 atom stereocenters. The van der Waals surface area contributed by atoms with E-state index in [1.165, 1.54) is 0 Å². The predicted octanol–water partition coefficient (Wildman–Crippen LogP) is 0.473. The summed E-state index contributed by atoms with van der Waals surface area (Å²) in [4.78, 5) is 10.6. The largest absolute Gasteiger partial charge is 0.452 e. The molecule has 104 valence electrons. The minimum atomic E-state index is -4.23. The molecule has 0 bridgehead atoms. The lowest BCUT2D eigenvalue weighted by Crippen LogP contribution is -2.35. The number of nitrogens with two attached hydrogens (primary N) is 1. The summed E-state index contributed by atoms with van der Waals surface area (Å²) >= 11 is 4.67. The Bertz CT molecular complexity index is 618. The van der Waals surface area contributed by atoms with Crippen molar-refractivity contribution in [2.24, 2.45) is 5.73 Å². The first-order valence-electron chi connectivity index (χ1n) is 4.73. The molecule has 1 amide bonds. The molecule has 7 nitrogen and oxygen atoms in total. The zero-order chi connectivity index (χ0) is 14.6. The Morgan fingerprint density at radius 1 is 1.47 bits per heavy atom. The van der Waals surface area contributed by atoms with Gasteiger partial charge in [-0.25, -0.2) is 13.9 Å². The van der Waals surface area contributed by atoms with Crippen molar-refractivity contribution in [3.8, 4) is 0 Å². The normalized spacial score (nSPS) is 10.6. The van der Waals surface area contributed by atoms with Crippen LogP contribution in [0.25, 0.3) is 0 Å². The average molecular weight is 307 g/mol. The van der Waals surface area contributed by atoms with Crippen molar-refractivity contribution in [1.82, 2.24) is 4.72 Å². The van der Waals surface area contributed by atoms with Crippen LogP contribution in [0.5, 0.6) is 0 Å². The molecule has 0 aliphatic carbocycles. The van der Waals surface area contributed by atoms with Gasteiger partial charge in [-0.3, -0.25) is 4.72 Å². The van der Waals surface area contributed by atoms with E-state index in [4.69, 9.17) is 5.73 Å². The number of rotatable bonds is 4. The van der Waals surface area contributed by atoms with Gasteiger partial charge >= 0.3 is 16.3 Å². The maximum absolute atomic E-state index is 13.0. The van der Waals surface area contributed by atoms with E-state index < -0.39 is 22.1 Å². The number of ether oxygens (including phenoxy) is 1. The number of hydrogen-bond acceptors (Lipinski definition) is 5. The SMILES string of the molecule is COC(=O)NS(=O)(=O)Nc1ccc(F)cc1C(N)=S. The van der Waals surface area contributed by atoms with E-state index in [-0.39, 0.29) is 16.2 Å². The molecule has 0 heterocycles. The number of methoxy groups -OCH3 is 1. The number of carbonyl (C=O) groups excluding carboxylic acids is 1. The van der Waals surface area contributed by atoms with E-state index in [0.29, 0.717) is 0 Å². The zero-order valence-corrected chi connectivity index (χ0v) is 11.3. The van der Waals surface area contributed by atoms with Gasteiger partial charge in [-0.1, -0.05) is 12.2 Å². The Labute approximate surface area is 114 Å². The monoisotopic (exact) mass is 307 g/mol. The van der Waals surface area contributed by atoms with Gasteiger partial charge in [-0.2, -0.15) is 8.42 Å². The molecule has 0 saturated heterocycles. The van der Waals surface area contributed by atoms with E-state index in [1.807, 2.05) is 4.72 Å². The summed E-state index contributed by atoms with van der Waals surface area (Å²) in [6, 6.07) is 3.11. The van der Waals surface area contributed by atoms with Crippen LogP contribution in [0.3, 0.4) is 0 Å². The van der Waals surface area contributed by atoms with Crippen LogP contribution in [-0.4, -0.2) is 26.6 Å².